The first kappa shape index (κ1) is 14.1. The molecule has 0 aliphatic carbocycles. The van der Waals surface area contributed by atoms with Crippen molar-refractivity contribution < 1.29 is 9.53 Å². The van der Waals surface area contributed by atoms with Crippen LogP contribution in [-0.4, -0.2) is 12.5 Å². The number of carbonyl (C=O) groups excluding carboxylic acids is 1. The largest absolute Gasteiger partial charge is 0.493 e. The van der Waals surface area contributed by atoms with Gasteiger partial charge in [-0.25, -0.2) is 0 Å². The number of rotatable bonds is 3. The van der Waals surface area contributed by atoms with Gasteiger partial charge in [0.2, 0.25) is 5.91 Å². The molecule has 3 rings (SSSR count). The molecule has 21 heavy (non-hydrogen) atoms. The Hall–Kier alpha value is -1.82. The average Bonchev–Trinajstić information content (AvgIpc) is 2.95. The summed E-state index contributed by atoms with van der Waals surface area (Å²) in [5.74, 6) is 0.823. The molecule has 0 saturated heterocycles. The molecule has 2 aromatic carbocycles. The van der Waals surface area contributed by atoms with E-state index in [2.05, 4.69) is 34.0 Å². The van der Waals surface area contributed by atoms with Crippen LogP contribution < -0.4 is 10.1 Å². The maximum atomic E-state index is 11.9. The first-order valence-corrected chi connectivity index (χ1v) is 7.79. The minimum Gasteiger partial charge on any atom is -0.493 e. The van der Waals surface area contributed by atoms with Crippen LogP contribution in [0, 0.1) is 3.57 Å². The van der Waals surface area contributed by atoms with Gasteiger partial charge in [0.1, 0.15) is 5.75 Å². The minimum atomic E-state index is -0.132. The topological polar surface area (TPSA) is 38.3 Å². The van der Waals surface area contributed by atoms with E-state index in [9.17, 15) is 4.79 Å². The lowest BCUT2D eigenvalue weighted by Crippen LogP contribution is -2.07. The standard InChI is InChI=1S/C17H14INO2/c18-14-3-5-15(6-4-14)19-17(20)8-2-12-1-7-16-13(11-12)9-10-21-16/h1-8,11H,9-10H2,(H,19,20)/b8-2+. The summed E-state index contributed by atoms with van der Waals surface area (Å²) in [6, 6.07) is 13.7. The van der Waals surface area contributed by atoms with Gasteiger partial charge in [-0.3, -0.25) is 4.79 Å². The Morgan fingerprint density at radius 2 is 2.00 bits per heavy atom. The van der Waals surface area contributed by atoms with Crippen molar-refractivity contribution in [1.29, 1.82) is 0 Å². The smallest absolute Gasteiger partial charge is 0.248 e. The molecule has 0 aromatic heterocycles. The molecule has 1 aliphatic heterocycles. The summed E-state index contributed by atoms with van der Waals surface area (Å²) in [5, 5.41) is 2.84. The van der Waals surface area contributed by atoms with Crippen molar-refractivity contribution >= 4 is 40.3 Å². The molecule has 1 aliphatic rings. The highest BCUT2D eigenvalue weighted by Gasteiger charge is 2.11. The fourth-order valence-corrected chi connectivity index (χ4v) is 2.56. The normalized spacial score (nSPS) is 13.0. The maximum Gasteiger partial charge on any atom is 0.248 e. The number of ether oxygens (including phenoxy) is 1. The van der Waals surface area contributed by atoms with Crippen molar-refractivity contribution in [3.05, 3.63) is 63.2 Å². The zero-order chi connectivity index (χ0) is 14.7. The number of fused-ring (bicyclic) bond motifs is 1. The van der Waals surface area contributed by atoms with E-state index in [1.54, 1.807) is 6.08 Å². The molecular formula is C17H14INO2. The number of anilines is 1. The molecule has 2 aromatic rings. The molecule has 106 valence electrons. The lowest BCUT2D eigenvalue weighted by molar-refractivity contribution is -0.111. The fraction of sp³-hybridized carbons (Fsp3) is 0.118. The van der Waals surface area contributed by atoms with Crippen molar-refractivity contribution in [2.24, 2.45) is 0 Å². The van der Waals surface area contributed by atoms with Gasteiger partial charge in [0, 0.05) is 21.8 Å². The van der Waals surface area contributed by atoms with Gasteiger partial charge in [0.05, 0.1) is 6.61 Å². The molecule has 0 atom stereocenters. The number of hydrogen-bond donors (Lipinski definition) is 1. The van der Waals surface area contributed by atoms with E-state index in [1.165, 1.54) is 5.56 Å². The molecular weight excluding hydrogens is 377 g/mol. The van der Waals surface area contributed by atoms with Gasteiger partial charge in [-0.2, -0.15) is 0 Å². The molecule has 1 heterocycles. The molecule has 1 N–H and O–H groups in total. The Bertz CT molecular complexity index is 692. The Balaban J connectivity index is 1.65. The molecule has 4 heteroatoms. The van der Waals surface area contributed by atoms with E-state index in [1.807, 2.05) is 42.5 Å². The third-order valence-corrected chi connectivity index (χ3v) is 3.97. The van der Waals surface area contributed by atoms with Crippen LogP contribution in [-0.2, 0) is 11.2 Å². The van der Waals surface area contributed by atoms with E-state index >= 15 is 0 Å². The second-order valence-electron chi connectivity index (χ2n) is 4.80. The molecule has 0 radical (unpaired) electrons. The summed E-state index contributed by atoms with van der Waals surface area (Å²) >= 11 is 2.23. The highest BCUT2D eigenvalue weighted by molar-refractivity contribution is 14.1. The van der Waals surface area contributed by atoms with Crippen molar-refractivity contribution in [1.82, 2.24) is 0 Å². The van der Waals surface area contributed by atoms with E-state index in [0.717, 1.165) is 33.6 Å². The average molecular weight is 391 g/mol. The third kappa shape index (κ3) is 3.64. The second kappa shape index (κ2) is 6.30. The van der Waals surface area contributed by atoms with Crippen molar-refractivity contribution in [2.75, 3.05) is 11.9 Å². The maximum absolute atomic E-state index is 11.9. The second-order valence-corrected chi connectivity index (χ2v) is 6.04. The summed E-state index contributed by atoms with van der Waals surface area (Å²) in [4.78, 5) is 11.9. The van der Waals surface area contributed by atoms with E-state index in [0.29, 0.717) is 0 Å². The van der Waals surface area contributed by atoms with Crippen LogP contribution in [0.3, 0.4) is 0 Å². The van der Waals surface area contributed by atoms with Gasteiger partial charge >= 0.3 is 0 Å². The van der Waals surface area contributed by atoms with Gasteiger partial charge in [-0.15, -0.1) is 0 Å². The van der Waals surface area contributed by atoms with Crippen LogP contribution in [0.2, 0.25) is 0 Å². The molecule has 3 nitrogen and oxygen atoms in total. The summed E-state index contributed by atoms with van der Waals surface area (Å²) in [6.07, 6.45) is 4.31. The number of hydrogen-bond acceptors (Lipinski definition) is 2. The first-order chi connectivity index (χ1) is 10.2. The molecule has 0 fully saturated rings. The van der Waals surface area contributed by atoms with E-state index < -0.39 is 0 Å². The summed E-state index contributed by atoms with van der Waals surface area (Å²) in [5.41, 5.74) is 3.01. The van der Waals surface area contributed by atoms with Gasteiger partial charge in [-0.05, 0) is 76.2 Å². The molecule has 0 saturated carbocycles. The first-order valence-electron chi connectivity index (χ1n) is 6.71. The predicted molar refractivity (Wildman–Crippen MR) is 92.5 cm³/mol. The van der Waals surface area contributed by atoms with Crippen LogP contribution >= 0.6 is 22.6 Å². The Labute approximate surface area is 137 Å². The Morgan fingerprint density at radius 3 is 2.81 bits per heavy atom. The van der Waals surface area contributed by atoms with Crippen LogP contribution in [0.4, 0.5) is 5.69 Å². The third-order valence-electron chi connectivity index (χ3n) is 3.25. The van der Waals surface area contributed by atoms with Gasteiger partial charge < -0.3 is 10.1 Å². The molecule has 0 unspecified atom stereocenters. The number of halogens is 1. The van der Waals surface area contributed by atoms with Crippen LogP contribution in [0.1, 0.15) is 11.1 Å². The highest BCUT2D eigenvalue weighted by Crippen LogP contribution is 2.26. The Morgan fingerprint density at radius 1 is 1.19 bits per heavy atom. The predicted octanol–water partition coefficient (Wildman–Crippen LogP) is 3.88. The molecule has 0 spiro atoms. The molecule has 0 bridgehead atoms. The van der Waals surface area contributed by atoms with Crippen LogP contribution in [0.15, 0.2) is 48.5 Å². The number of carbonyl (C=O) groups is 1. The lowest BCUT2D eigenvalue weighted by Gasteiger charge is -2.02. The van der Waals surface area contributed by atoms with Crippen molar-refractivity contribution in [2.45, 2.75) is 6.42 Å². The Kier molecular flexibility index (Phi) is 4.24. The zero-order valence-electron chi connectivity index (χ0n) is 11.3. The van der Waals surface area contributed by atoms with Gasteiger partial charge in [0.25, 0.3) is 0 Å². The highest BCUT2D eigenvalue weighted by atomic mass is 127. The monoisotopic (exact) mass is 391 g/mol. The van der Waals surface area contributed by atoms with Crippen molar-refractivity contribution in [3.63, 3.8) is 0 Å². The number of benzene rings is 2. The summed E-state index contributed by atoms with van der Waals surface area (Å²) < 4.78 is 6.60. The van der Waals surface area contributed by atoms with Crippen LogP contribution in [0.25, 0.3) is 6.08 Å². The lowest BCUT2D eigenvalue weighted by atomic mass is 10.1. The molecule has 1 amide bonds. The number of amides is 1. The van der Waals surface area contributed by atoms with Gasteiger partial charge in [0.15, 0.2) is 0 Å². The quantitative estimate of drug-likeness (QED) is 0.637. The van der Waals surface area contributed by atoms with Gasteiger partial charge in [-0.1, -0.05) is 6.07 Å². The van der Waals surface area contributed by atoms with E-state index in [-0.39, 0.29) is 5.91 Å². The summed E-state index contributed by atoms with van der Waals surface area (Å²) in [6.45, 7) is 0.746. The van der Waals surface area contributed by atoms with E-state index in [4.69, 9.17) is 4.74 Å². The summed E-state index contributed by atoms with van der Waals surface area (Å²) in [7, 11) is 0. The SMILES string of the molecule is O=C(/C=C/c1ccc2c(c1)CCO2)Nc1ccc(I)cc1. The minimum absolute atomic E-state index is 0.132. The van der Waals surface area contributed by atoms with Crippen molar-refractivity contribution in [3.8, 4) is 5.75 Å². The van der Waals surface area contributed by atoms with Crippen LogP contribution in [0.5, 0.6) is 5.75 Å². The number of nitrogens with one attached hydrogen (secondary N) is 1. The zero-order valence-corrected chi connectivity index (χ0v) is 13.5. The fourth-order valence-electron chi connectivity index (χ4n) is 2.20.